The summed E-state index contributed by atoms with van der Waals surface area (Å²) in [5.74, 6) is 6.64. The Morgan fingerprint density at radius 3 is 2.08 bits per heavy atom. The molecule has 3 heterocycles. The van der Waals surface area contributed by atoms with E-state index in [9.17, 15) is 0 Å². The van der Waals surface area contributed by atoms with Crippen LogP contribution in [0.15, 0.2) is 120 Å². The monoisotopic (exact) mass is 1010 g/mol. The van der Waals surface area contributed by atoms with Crippen LogP contribution in [-0.4, -0.2) is 22.6 Å². The smallest absolute Gasteiger partial charge is 0.120 e. The third-order valence-electron chi connectivity index (χ3n) is 14.3. The van der Waals surface area contributed by atoms with Gasteiger partial charge in [0.1, 0.15) is 5.58 Å². The summed E-state index contributed by atoms with van der Waals surface area (Å²) < 4.78 is 8.73. The summed E-state index contributed by atoms with van der Waals surface area (Å²) in [4.78, 5) is 10.0. The normalized spacial score (nSPS) is 20.6. The molecule has 3 aromatic heterocycles. The largest absolute Gasteiger partial charge is 0.501 e. The first-order valence-corrected chi connectivity index (χ1v) is 26.4. The summed E-state index contributed by atoms with van der Waals surface area (Å²) in [6.45, 7) is 16.4. The second-order valence-electron chi connectivity index (χ2n) is 20.1. The molecule has 4 saturated carbocycles. The molecule has 0 aliphatic heterocycles. The number of pyridine rings is 1. The van der Waals surface area contributed by atoms with E-state index in [2.05, 4.69) is 143 Å². The first kappa shape index (κ1) is 42.7. The number of fused-ring (bicyclic) bond motifs is 4. The SMILES string of the molecule is CC(C)c1cccc(C(C)C)c1-n1c(-c2[c-]ccc3c2oc2ccccc23)nc2ccccc21.C[Si](C)(C)c1cnc(-c2[c-]cccc2)cc1CC1C2CC3CC(C2)CC1C3.[Ir]. The standard InChI is InChI=1S/C31H27N2O.C25H32NSi.Ir/c1-19(2)21-12-9-13-22(20(3)4)29(21)33-27-17-7-6-16-26(27)32-31(33)25-15-10-14-24-23-11-5-8-18-28(23)34-30(24)25;1-27(2,3)25-16-26-24(19-7-5-4-6-8-19)15-22(25)14-23-20-10-17-9-18(12-20)13-21(23)11-17;/h5-14,16-20H,1-4H3;4-7,15-18,20-21,23H,9-14H2,1-3H3;/q2*-1;. The van der Waals surface area contributed by atoms with Crippen LogP contribution >= 0.6 is 0 Å². The number of para-hydroxylation sites is 4. The molecule has 1 radical (unpaired) electrons. The molecule has 0 atom stereocenters. The first-order valence-electron chi connectivity index (χ1n) is 22.9. The average Bonchev–Trinajstić information content (AvgIpc) is 3.83. The maximum absolute atomic E-state index is 6.40. The van der Waals surface area contributed by atoms with Crippen LogP contribution in [0, 0.1) is 41.7 Å². The third kappa shape index (κ3) is 7.86. The van der Waals surface area contributed by atoms with Crippen LogP contribution < -0.4 is 5.19 Å². The molecule has 0 amide bonds. The van der Waals surface area contributed by atoms with Crippen LogP contribution in [0.1, 0.15) is 88.3 Å². The molecule has 4 fully saturated rings. The fourth-order valence-corrected chi connectivity index (χ4v) is 13.3. The molecule has 12 rings (SSSR count). The molecular weight excluding hydrogens is 951 g/mol. The van der Waals surface area contributed by atoms with Crippen molar-refractivity contribution in [2.45, 2.75) is 97.7 Å². The van der Waals surface area contributed by atoms with Crippen LogP contribution in [0.2, 0.25) is 19.6 Å². The van der Waals surface area contributed by atoms with Gasteiger partial charge in [0.2, 0.25) is 0 Å². The van der Waals surface area contributed by atoms with Crippen LogP contribution in [0.25, 0.3) is 61.3 Å². The van der Waals surface area contributed by atoms with E-state index in [-0.39, 0.29) is 20.1 Å². The number of nitrogens with zero attached hydrogens (tertiary/aromatic N) is 3. The molecule has 0 saturated heterocycles. The summed E-state index contributed by atoms with van der Waals surface area (Å²) in [5, 5.41) is 3.78. The fourth-order valence-electron chi connectivity index (χ4n) is 11.7. The van der Waals surface area contributed by atoms with Gasteiger partial charge in [-0.3, -0.25) is 4.98 Å². The molecule has 4 nitrogen and oxygen atoms in total. The molecule has 4 aliphatic rings. The van der Waals surface area contributed by atoms with Gasteiger partial charge in [0.15, 0.2) is 0 Å². The number of hydrogen-bond donors (Lipinski definition) is 0. The Kier molecular flexibility index (Phi) is 11.8. The zero-order valence-electron chi connectivity index (χ0n) is 37.3. The van der Waals surface area contributed by atoms with Gasteiger partial charge in [-0.15, -0.1) is 54.1 Å². The van der Waals surface area contributed by atoms with Gasteiger partial charge in [0.05, 0.1) is 30.5 Å². The summed E-state index contributed by atoms with van der Waals surface area (Å²) in [5.41, 5.74) is 12.3. The third-order valence-corrected chi connectivity index (χ3v) is 16.4. The summed E-state index contributed by atoms with van der Waals surface area (Å²) >= 11 is 0. The Bertz CT molecular complexity index is 2810. The van der Waals surface area contributed by atoms with Gasteiger partial charge >= 0.3 is 0 Å². The molecule has 0 spiro atoms. The Balaban J connectivity index is 0.000000159. The van der Waals surface area contributed by atoms with Crippen LogP contribution in [0.4, 0.5) is 0 Å². The number of imidazole rings is 1. The first-order chi connectivity index (χ1) is 29.5. The minimum absolute atomic E-state index is 0. The van der Waals surface area contributed by atoms with E-state index in [0.29, 0.717) is 11.8 Å². The van der Waals surface area contributed by atoms with Crippen LogP contribution in [0.3, 0.4) is 0 Å². The zero-order valence-corrected chi connectivity index (χ0v) is 40.7. The number of furan rings is 1. The quantitative estimate of drug-likeness (QED) is 0.113. The minimum Gasteiger partial charge on any atom is -0.501 e. The van der Waals surface area contributed by atoms with Gasteiger partial charge in [-0.2, -0.15) is 0 Å². The van der Waals surface area contributed by atoms with E-state index in [0.717, 1.165) is 85.2 Å². The fraction of sp³-hybridized carbons (Fsp3) is 0.357. The van der Waals surface area contributed by atoms with Crippen molar-refractivity contribution in [1.29, 1.82) is 0 Å². The van der Waals surface area contributed by atoms with Gasteiger partial charge in [-0.05, 0) is 120 Å². The van der Waals surface area contributed by atoms with Gasteiger partial charge < -0.3 is 14.0 Å². The van der Waals surface area contributed by atoms with Crippen molar-refractivity contribution in [3.63, 3.8) is 0 Å². The van der Waals surface area contributed by atoms with Crippen molar-refractivity contribution in [3.05, 3.63) is 144 Å². The van der Waals surface area contributed by atoms with Gasteiger partial charge in [-0.1, -0.05) is 118 Å². The minimum atomic E-state index is -1.40. The molecule has 6 heteroatoms. The second kappa shape index (κ2) is 17.2. The number of hydrogen-bond acceptors (Lipinski definition) is 3. The molecule has 5 aromatic carbocycles. The summed E-state index contributed by atoms with van der Waals surface area (Å²) in [6.07, 6.45) is 11.1. The molecule has 62 heavy (non-hydrogen) atoms. The summed E-state index contributed by atoms with van der Waals surface area (Å²) in [7, 11) is -1.40. The number of rotatable bonds is 8. The van der Waals surface area contributed by atoms with E-state index in [1.807, 2.05) is 36.4 Å². The molecular formula is C56H59IrN3OSi-2. The van der Waals surface area contributed by atoms with Crippen LogP contribution in [-0.2, 0) is 26.5 Å². The van der Waals surface area contributed by atoms with Gasteiger partial charge in [0.25, 0.3) is 0 Å². The van der Waals surface area contributed by atoms with Crippen molar-refractivity contribution < 1.29 is 24.5 Å². The Morgan fingerprint density at radius 2 is 1.40 bits per heavy atom. The van der Waals surface area contributed by atoms with E-state index in [4.69, 9.17) is 14.4 Å². The van der Waals surface area contributed by atoms with Crippen molar-refractivity contribution in [3.8, 4) is 28.3 Å². The van der Waals surface area contributed by atoms with E-state index >= 15 is 0 Å². The zero-order chi connectivity index (χ0) is 42.0. The van der Waals surface area contributed by atoms with Crippen molar-refractivity contribution in [1.82, 2.24) is 14.5 Å². The Morgan fingerprint density at radius 1 is 0.726 bits per heavy atom. The van der Waals surface area contributed by atoms with E-state index in [1.165, 1.54) is 48.9 Å². The second-order valence-corrected chi connectivity index (χ2v) is 25.1. The number of benzene rings is 5. The molecule has 0 N–H and O–H groups in total. The predicted molar refractivity (Wildman–Crippen MR) is 257 cm³/mol. The molecule has 4 bridgehead atoms. The maximum Gasteiger partial charge on any atom is 0.120 e. The number of aromatic nitrogens is 3. The van der Waals surface area contributed by atoms with Crippen molar-refractivity contribution in [2.75, 3.05) is 0 Å². The average molecular weight is 1010 g/mol. The molecule has 4 aliphatic carbocycles. The van der Waals surface area contributed by atoms with Crippen LogP contribution in [0.5, 0.6) is 0 Å². The molecule has 319 valence electrons. The maximum atomic E-state index is 6.40. The van der Waals surface area contributed by atoms with E-state index < -0.39 is 8.07 Å². The molecule has 8 aromatic rings. The predicted octanol–water partition coefficient (Wildman–Crippen LogP) is 14.3. The van der Waals surface area contributed by atoms with Crippen molar-refractivity contribution >= 4 is 46.2 Å². The molecule has 0 unspecified atom stereocenters. The van der Waals surface area contributed by atoms with E-state index in [1.54, 1.807) is 17.2 Å². The van der Waals surface area contributed by atoms with Gasteiger partial charge in [-0.25, -0.2) is 0 Å². The topological polar surface area (TPSA) is 43.9 Å². The Hall–Kier alpha value is -4.61. The summed E-state index contributed by atoms with van der Waals surface area (Å²) in [6, 6.07) is 44.9. The van der Waals surface area contributed by atoms with Gasteiger partial charge in [0, 0.05) is 37.4 Å². The van der Waals surface area contributed by atoms with Crippen molar-refractivity contribution in [2.24, 2.45) is 29.6 Å². The Labute approximate surface area is 383 Å².